The zero-order valence-electron chi connectivity index (χ0n) is 16.3. The Morgan fingerprint density at radius 2 is 1.96 bits per heavy atom. The predicted octanol–water partition coefficient (Wildman–Crippen LogP) is 3.61. The van der Waals surface area contributed by atoms with Crippen molar-refractivity contribution in [1.82, 2.24) is 0 Å². The second kappa shape index (κ2) is 6.08. The average molecular weight is 312 g/mol. The second-order valence-corrected chi connectivity index (χ2v) is 5.23. The molecule has 1 atom stereocenters. The highest BCUT2D eigenvalue weighted by Gasteiger charge is 2.25. The number of fused-ring (bicyclic) bond motifs is 1. The molecule has 1 aromatic heterocycles. The van der Waals surface area contributed by atoms with E-state index in [0.29, 0.717) is 5.56 Å². The van der Waals surface area contributed by atoms with E-state index in [9.17, 15) is 14.7 Å². The highest BCUT2D eigenvalue weighted by atomic mass is 16.4. The van der Waals surface area contributed by atoms with Crippen molar-refractivity contribution in [3.05, 3.63) is 76.0 Å². The minimum absolute atomic E-state index is 0.0703. The summed E-state index contributed by atoms with van der Waals surface area (Å²) in [5.74, 6) is -1.61. The van der Waals surface area contributed by atoms with E-state index in [2.05, 4.69) is 0 Å². The molecule has 4 heteroatoms. The van der Waals surface area contributed by atoms with E-state index < -0.39 is 47.0 Å². The summed E-state index contributed by atoms with van der Waals surface area (Å²) in [6, 6.07) is 6.47. The van der Waals surface area contributed by atoms with Gasteiger partial charge in [-0.1, -0.05) is 42.4 Å². The Bertz CT molecular complexity index is 1110. The first-order valence-electron chi connectivity index (χ1n) is 9.04. The SMILES string of the molecule is [2H]c1c([2H])c([2H])c2c(O)c([C@@H](CC(C)=O)c3ccccc3)c(=O)oc2c1[2H]. The third-order valence-corrected chi connectivity index (χ3v) is 3.60. The number of ketones is 1. The molecule has 0 spiro atoms. The Morgan fingerprint density at radius 1 is 1.26 bits per heavy atom. The fourth-order valence-corrected chi connectivity index (χ4v) is 2.59. The van der Waals surface area contributed by atoms with E-state index >= 15 is 0 Å². The fraction of sp³-hybridized carbons (Fsp3) is 0.158. The molecule has 0 aliphatic heterocycles. The molecule has 2 aromatic carbocycles. The molecule has 0 unspecified atom stereocenters. The number of carbonyl (C=O) groups is 1. The topological polar surface area (TPSA) is 67.5 Å². The normalized spacial score (nSPS) is 14.7. The number of hydrogen-bond donors (Lipinski definition) is 1. The van der Waals surface area contributed by atoms with E-state index in [1.807, 2.05) is 0 Å². The van der Waals surface area contributed by atoms with Crippen LogP contribution < -0.4 is 5.63 Å². The highest BCUT2D eigenvalue weighted by Crippen LogP contribution is 2.35. The van der Waals surface area contributed by atoms with Gasteiger partial charge in [-0.2, -0.15) is 0 Å². The molecule has 0 saturated heterocycles. The summed E-state index contributed by atoms with van der Waals surface area (Å²) in [6.45, 7) is 1.36. The van der Waals surface area contributed by atoms with Gasteiger partial charge in [0.25, 0.3) is 0 Å². The number of rotatable bonds is 4. The third-order valence-electron chi connectivity index (χ3n) is 3.60. The monoisotopic (exact) mass is 312 g/mol. The van der Waals surface area contributed by atoms with Gasteiger partial charge in [-0.05, 0) is 24.6 Å². The highest BCUT2D eigenvalue weighted by molar-refractivity contribution is 5.85. The number of aromatic hydroxyl groups is 1. The van der Waals surface area contributed by atoms with Crippen LogP contribution in [0, 0.1) is 0 Å². The summed E-state index contributed by atoms with van der Waals surface area (Å²) in [7, 11) is 0. The predicted molar refractivity (Wildman–Crippen MR) is 87.7 cm³/mol. The van der Waals surface area contributed by atoms with Crippen LogP contribution in [0.5, 0.6) is 5.75 Å². The van der Waals surface area contributed by atoms with Crippen molar-refractivity contribution in [2.45, 2.75) is 19.3 Å². The maximum Gasteiger partial charge on any atom is 0.343 e. The Kier molecular flexibility index (Phi) is 2.85. The second-order valence-electron chi connectivity index (χ2n) is 5.23. The Hall–Kier alpha value is -2.88. The molecule has 0 aliphatic rings. The largest absolute Gasteiger partial charge is 0.507 e. The van der Waals surface area contributed by atoms with Crippen LogP contribution in [-0.2, 0) is 4.79 Å². The van der Waals surface area contributed by atoms with Gasteiger partial charge in [0.2, 0.25) is 0 Å². The quantitative estimate of drug-likeness (QED) is 0.747. The van der Waals surface area contributed by atoms with Crippen molar-refractivity contribution in [2.75, 3.05) is 0 Å². The summed E-state index contributed by atoms with van der Waals surface area (Å²) >= 11 is 0. The Morgan fingerprint density at radius 3 is 2.65 bits per heavy atom. The summed E-state index contributed by atoms with van der Waals surface area (Å²) in [5.41, 5.74) is -0.952. The Labute approximate surface area is 138 Å². The number of carbonyl (C=O) groups excluding carboxylic acids is 1. The molecular weight excluding hydrogens is 292 g/mol. The molecule has 23 heavy (non-hydrogen) atoms. The van der Waals surface area contributed by atoms with E-state index in [-0.39, 0.29) is 23.2 Å². The van der Waals surface area contributed by atoms with Crippen LogP contribution >= 0.6 is 0 Å². The van der Waals surface area contributed by atoms with Gasteiger partial charge < -0.3 is 9.52 Å². The number of hydrogen-bond acceptors (Lipinski definition) is 4. The molecule has 0 saturated carbocycles. The molecule has 1 N–H and O–H groups in total. The van der Waals surface area contributed by atoms with Gasteiger partial charge in [0.15, 0.2) is 0 Å². The van der Waals surface area contributed by atoms with Crippen LogP contribution in [0.25, 0.3) is 11.0 Å². The summed E-state index contributed by atoms with van der Waals surface area (Å²) in [5, 5.41) is 10.5. The Balaban J connectivity index is 2.40. The van der Waals surface area contributed by atoms with Crippen molar-refractivity contribution < 1.29 is 19.8 Å². The molecular formula is C19H16O4. The first-order valence-corrected chi connectivity index (χ1v) is 7.04. The molecule has 0 radical (unpaired) electrons. The standard InChI is InChI=1S/C19H16O4/c1-12(20)11-15(13-7-3-2-4-8-13)17-18(21)14-9-5-6-10-16(14)23-19(17)22/h2-10,15,21H,11H2,1H3/t15-/m0/s1/i5D,6D,9D,10D. The first kappa shape index (κ1) is 10.8. The zero-order valence-corrected chi connectivity index (χ0v) is 12.3. The lowest BCUT2D eigenvalue weighted by molar-refractivity contribution is -0.117. The van der Waals surface area contributed by atoms with Crippen LogP contribution in [0.4, 0.5) is 0 Å². The first-order chi connectivity index (χ1) is 12.7. The van der Waals surface area contributed by atoms with Gasteiger partial charge in [-0.25, -0.2) is 4.79 Å². The van der Waals surface area contributed by atoms with Crippen molar-refractivity contribution in [3.8, 4) is 5.75 Å². The van der Waals surface area contributed by atoms with Crippen LogP contribution in [-0.4, -0.2) is 10.9 Å². The maximum absolute atomic E-state index is 12.6. The molecule has 3 aromatic rings. The van der Waals surface area contributed by atoms with Crippen LogP contribution in [0.2, 0.25) is 0 Å². The van der Waals surface area contributed by atoms with Crippen molar-refractivity contribution in [1.29, 1.82) is 0 Å². The molecule has 0 amide bonds. The molecule has 1 heterocycles. The molecule has 116 valence electrons. The van der Waals surface area contributed by atoms with Gasteiger partial charge in [0, 0.05) is 12.3 Å². The minimum Gasteiger partial charge on any atom is -0.507 e. The maximum atomic E-state index is 12.6. The summed E-state index contributed by atoms with van der Waals surface area (Å²) in [6.07, 6.45) is -0.0703. The lowest BCUT2D eigenvalue weighted by Gasteiger charge is -2.17. The molecule has 0 aliphatic carbocycles. The van der Waals surface area contributed by atoms with E-state index in [1.165, 1.54) is 6.92 Å². The van der Waals surface area contributed by atoms with E-state index in [0.717, 1.165) is 0 Å². The van der Waals surface area contributed by atoms with Crippen LogP contribution in [0.3, 0.4) is 0 Å². The number of Topliss-reactive ketones (excluding diaryl/α,β-unsaturated/α-hetero) is 1. The van der Waals surface area contributed by atoms with Gasteiger partial charge in [0.1, 0.15) is 17.1 Å². The molecule has 0 fully saturated rings. The van der Waals surface area contributed by atoms with Gasteiger partial charge in [0.05, 0.1) is 16.4 Å². The molecule has 0 bridgehead atoms. The average Bonchev–Trinajstić information content (AvgIpc) is 2.63. The lowest BCUT2D eigenvalue weighted by atomic mass is 9.87. The van der Waals surface area contributed by atoms with Crippen LogP contribution in [0.15, 0.2) is 63.7 Å². The summed E-state index contributed by atoms with van der Waals surface area (Å²) < 4.78 is 36.6. The lowest BCUT2D eigenvalue weighted by Crippen LogP contribution is -2.16. The number of para-hydroxylation sites is 1. The van der Waals surface area contributed by atoms with E-state index in [4.69, 9.17) is 9.90 Å². The van der Waals surface area contributed by atoms with E-state index in [1.54, 1.807) is 30.3 Å². The number of benzene rings is 2. The third kappa shape index (κ3) is 2.88. The molecule has 3 rings (SSSR count). The van der Waals surface area contributed by atoms with Crippen molar-refractivity contribution in [3.63, 3.8) is 0 Å². The van der Waals surface area contributed by atoms with Gasteiger partial charge in [-0.3, -0.25) is 4.79 Å². The van der Waals surface area contributed by atoms with Crippen molar-refractivity contribution in [2.24, 2.45) is 0 Å². The smallest absolute Gasteiger partial charge is 0.343 e. The van der Waals surface area contributed by atoms with Gasteiger partial charge >= 0.3 is 5.63 Å². The fourth-order valence-electron chi connectivity index (χ4n) is 2.59. The zero-order chi connectivity index (χ0) is 19.9. The van der Waals surface area contributed by atoms with Crippen molar-refractivity contribution >= 4 is 16.8 Å². The summed E-state index contributed by atoms with van der Waals surface area (Å²) in [4.78, 5) is 24.4. The minimum atomic E-state index is -0.944. The molecule has 4 nitrogen and oxygen atoms in total. The van der Waals surface area contributed by atoms with Gasteiger partial charge in [-0.15, -0.1) is 0 Å². The van der Waals surface area contributed by atoms with Crippen LogP contribution in [0.1, 0.15) is 35.9 Å².